The maximum atomic E-state index is 13.2. The summed E-state index contributed by atoms with van der Waals surface area (Å²) in [7, 11) is 3.47. The van der Waals surface area contributed by atoms with Gasteiger partial charge in [-0.05, 0) is 14.1 Å². The Morgan fingerprint density at radius 2 is 1.91 bits per heavy atom. The molecule has 11 heavy (non-hydrogen) atoms. The molecule has 1 fully saturated rings. The normalized spacial score (nSPS) is 24.0. The molecule has 1 atom stereocenters. The molecule has 0 aliphatic carbocycles. The van der Waals surface area contributed by atoms with E-state index in [-0.39, 0.29) is 0 Å². The summed E-state index contributed by atoms with van der Waals surface area (Å²) in [5.74, 6) is 0. The molecule has 4 heteroatoms. The van der Waals surface area contributed by atoms with Gasteiger partial charge in [-0.25, -0.2) is 4.39 Å². The smallest absolute Gasteiger partial charge is 0.209 e. The van der Waals surface area contributed by atoms with E-state index in [1.54, 1.807) is 23.9 Å². The lowest BCUT2D eigenvalue weighted by Crippen LogP contribution is -2.47. The van der Waals surface area contributed by atoms with E-state index in [2.05, 4.69) is 0 Å². The first kappa shape index (κ1) is 8.90. The standard InChI is InChI=1S/C7H15FN2O/c1-9(2)7(8)10-3-5-11-6-4-10/h7H,3-6H2,1-2H3. The fourth-order valence-corrected chi connectivity index (χ4v) is 1.12. The van der Waals surface area contributed by atoms with Gasteiger partial charge in [-0.15, -0.1) is 0 Å². The maximum Gasteiger partial charge on any atom is 0.209 e. The highest BCUT2D eigenvalue weighted by atomic mass is 19.1. The molecule has 0 saturated carbocycles. The summed E-state index contributed by atoms with van der Waals surface area (Å²) in [6.07, 6.45) is -0.959. The third-order valence-electron chi connectivity index (χ3n) is 1.77. The summed E-state index contributed by atoms with van der Waals surface area (Å²) in [5, 5.41) is 0. The Balaban J connectivity index is 2.32. The Hall–Kier alpha value is -0.190. The second-order valence-electron chi connectivity index (χ2n) is 2.92. The second kappa shape index (κ2) is 3.99. The average molecular weight is 162 g/mol. The molecule has 1 aliphatic heterocycles. The molecule has 1 rings (SSSR count). The van der Waals surface area contributed by atoms with Crippen molar-refractivity contribution in [2.45, 2.75) is 6.42 Å². The van der Waals surface area contributed by atoms with E-state index in [1.807, 2.05) is 0 Å². The molecule has 0 aromatic heterocycles. The van der Waals surface area contributed by atoms with E-state index < -0.39 is 6.42 Å². The van der Waals surface area contributed by atoms with Crippen LogP contribution in [0, 0.1) is 0 Å². The van der Waals surface area contributed by atoms with Gasteiger partial charge in [-0.1, -0.05) is 0 Å². The minimum Gasteiger partial charge on any atom is -0.379 e. The van der Waals surface area contributed by atoms with Crippen molar-refractivity contribution in [1.29, 1.82) is 0 Å². The number of morpholine rings is 1. The number of alkyl halides is 1. The molecule has 1 heterocycles. The zero-order valence-corrected chi connectivity index (χ0v) is 7.09. The second-order valence-corrected chi connectivity index (χ2v) is 2.92. The third-order valence-corrected chi connectivity index (χ3v) is 1.77. The molecule has 0 spiro atoms. The van der Waals surface area contributed by atoms with Crippen LogP contribution in [0.25, 0.3) is 0 Å². The lowest BCUT2D eigenvalue weighted by Gasteiger charge is -2.32. The number of rotatable bonds is 2. The van der Waals surface area contributed by atoms with Crippen molar-refractivity contribution in [2.75, 3.05) is 40.4 Å². The molecule has 0 bridgehead atoms. The van der Waals surface area contributed by atoms with E-state index in [4.69, 9.17) is 4.74 Å². The van der Waals surface area contributed by atoms with E-state index in [0.29, 0.717) is 26.3 Å². The third kappa shape index (κ3) is 2.39. The first-order chi connectivity index (χ1) is 5.22. The van der Waals surface area contributed by atoms with Crippen LogP contribution in [0.5, 0.6) is 0 Å². The Kier molecular flexibility index (Phi) is 3.23. The van der Waals surface area contributed by atoms with Gasteiger partial charge in [0.05, 0.1) is 13.2 Å². The van der Waals surface area contributed by atoms with E-state index >= 15 is 0 Å². The van der Waals surface area contributed by atoms with Crippen molar-refractivity contribution in [1.82, 2.24) is 9.80 Å². The van der Waals surface area contributed by atoms with Crippen molar-refractivity contribution in [3.8, 4) is 0 Å². The summed E-state index contributed by atoms with van der Waals surface area (Å²) in [6.45, 7) is 2.68. The maximum absolute atomic E-state index is 13.2. The van der Waals surface area contributed by atoms with Crippen LogP contribution in [-0.2, 0) is 4.74 Å². The number of nitrogens with zero attached hydrogens (tertiary/aromatic N) is 2. The molecule has 0 amide bonds. The SMILES string of the molecule is CN(C)C(F)N1CCOCC1. The summed E-state index contributed by atoms with van der Waals surface area (Å²) in [5.41, 5.74) is 0. The largest absolute Gasteiger partial charge is 0.379 e. The minimum absolute atomic E-state index is 0.647. The number of hydrogen-bond acceptors (Lipinski definition) is 3. The van der Waals surface area contributed by atoms with Crippen molar-refractivity contribution in [3.05, 3.63) is 0 Å². The first-order valence-electron chi connectivity index (χ1n) is 3.84. The van der Waals surface area contributed by atoms with Gasteiger partial charge in [0.15, 0.2) is 0 Å². The predicted octanol–water partition coefficient (Wildman–Crippen LogP) is 0.133. The quantitative estimate of drug-likeness (QED) is 0.537. The van der Waals surface area contributed by atoms with Crippen molar-refractivity contribution < 1.29 is 9.13 Å². The predicted molar refractivity (Wildman–Crippen MR) is 41.0 cm³/mol. The van der Waals surface area contributed by atoms with Crippen molar-refractivity contribution in [2.24, 2.45) is 0 Å². The van der Waals surface area contributed by atoms with Crippen LogP contribution in [-0.4, -0.2) is 56.6 Å². The molecule has 0 N–H and O–H groups in total. The van der Waals surface area contributed by atoms with E-state index in [9.17, 15) is 4.39 Å². The van der Waals surface area contributed by atoms with E-state index in [1.165, 1.54) is 0 Å². The molecular weight excluding hydrogens is 147 g/mol. The summed E-state index contributed by atoms with van der Waals surface area (Å²) < 4.78 is 18.3. The van der Waals surface area contributed by atoms with Crippen LogP contribution >= 0.6 is 0 Å². The molecule has 0 aromatic carbocycles. The van der Waals surface area contributed by atoms with Crippen LogP contribution in [0.4, 0.5) is 4.39 Å². The molecular formula is C7H15FN2O. The molecule has 1 saturated heterocycles. The van der Waals surface area contributed by atoms with Gasteiger partial charge < -0.3 is 4.74 Å². The van der Waals surface area contributed by atoms with Gasteiger partial charge in [-0.2, -0.15) is 0 Å². The number of ether oxygens (including phenoxy) is 1. The van der Waals surface area contributed by atoms with Gasteiger partial charge >= 0.3 is 0 Å². The fourth-order valence-electron chi connectivity index (χ4n) is 1.12. The first-order valence-corrected chi connectivity index (χ1v) is 3.84. The zero-order valence-electron chi connectivity index (χ0n) is 7.09. The zero-order chi connectivity index (χ0) is 8.27. The van der Waals surface area contributed by atoms with Crippen LogP contribution in [0.15, 0.2) is 0 Å². The van der Waals surface area contributed by atoms with Crippen LogP contribution in [0.2, 0.25) is 0 Å². The van der Waals surface area contributed by atoms with Gasteiger partial charge in [0.25, 0.3) is 0 Å². The van der Waals surface area contributed by atoms with Gasteiger partial charge in [0.1, 0.15) is 0 Å². The monoisotopic (exact) mass is 162 g/mol. The Morgan fingerprint density at radius 1 is 1.36 bits per heavy atom. The average Bonchev–Trinajstić information content (AvgIpc) is 2.05. The van der Waals surface area contributed by atoms with Gasteiger partial charge in [0.2, 0.25) is 6.42 Å². The van der Waals surface area contributed by atoms with Crippen LogP contribution in [0.3, 0.4) is 0 Å². The van der Waals surface area contributed by atoms with Crippen LogP contribution in [0.1, 0.15) is 0 Å². The summed E-state index contributed by atoms with van der Waals surface area (Å²) in [4.78, 5) is 3.33. The molecule has 0 radical (unpaired) electrons. The molecule has 1 unspecified atom stereocenters. The highest BCUT2D eigenvalue weighted by Crippen LogP contribution is 2.06. The molecule has 1 aliphatic rings. The molecule has 66 valence electrons. The summed E-state index contributed by atoms with van der Waals surface area (Å²) >= 11 is 0. The summed E-state index contributed by atoms with van der Waals surface area (Å²) in [6, 6.07) is 0. The molecule has 0 aromatic rings. The topological polar surface area (TPSA) is 15.7 Å². The Labute approximate surface area is 66.7 Å². The Bertz CT molecular complexity index is 115. The van der Waals surface area contributed by atoms with Crippen LogP contribution < -0.4 is 0 Å². The number of hydrogen-bond donors (Lipinski definition) is 0. The fraction of sp³-hybridized carbons (Fsp3) is 1.00. The van der Waals surface area contributed by atoms with Crippen molar-refractivity contribution >= 4 is 0 Å². The van der Waals surface area contributed by atoms with Crippen molar-refractivity contribution in [3.63, 3.8) is 0 Å². The lowest BCUT2D eigenvalue weighted by atomic mass is 10.4. The lowest BCUT2D eigenvalue weighted by molar-refractivity contribution is -0.0760. The molecule has 3 nitrogen and oxygen atoms in total. The van der Waals surface area contributed by atoms with Gasteiger partial charge in [-0.3, -0.25) is 9.80 Å². The van der Waals surface area contributed by atoms with E-state index in [0.717, 1.165) is 0 Å². The highest BCUT2D eigenvalue weighted by molar-refractivity contribution is 4.63. The minimum atomic E-state index is -0.959. The Morgan fingerprint density at radius 3 is 2.36 bits per heavy atom. The van der Waals surface area contributed by atoms with Gasteiger partial charge in [0, 0.05) is 13.1 Å². The number of halogens is 1. The highest BCUT2D eigenvalue weighted by Gasteiger charge is 2.21.